The highest BCUT2D eigenvalue weighted by atomic mass is 32.2. The average Bonchev–Trinajstić information content (AvgIpc) is 2.57. The lowest BCUT2D eigenvalue weighted by atomic mass is 10.2. The molecule has 1 rings (SSSR count). The number of hydrogen-bond acceptors (Lipinski definition) is 2. The SMILES string of the molecule is CSCCCCNC1CC=CC1. The van der Waals surface area contributed by atoms with Gasteiger partial charge in [0.05, 0.1) is 0 Å². The van der Waals surface area contributed by atoms with E-state index in [9.17, 15) is 0 Å². The largest absolute Gasteiger partial charge is 0.313 e. The smallest absolute Gasteiger partial charge is 0.0136 e. The van der Waals surface area contributed by atoms with Gasteiger partial charge in [0.1, 0.15) is 0 Å². The van der Waals surface area contributed by atoms with E-state index in [1.165, 1.54) is 38.0 Å². The summed E-state index contributed by atoms with van der Waals surface area (Å²) in [7, 11) is 0. The standard InChI is InChI=1S/C10H19NS/c1-12-9-5-4-8-11-10-6-2-3-7-10/h2-3,10-11H,4-9H2,1H3. The van der Waals surface area contributed by atoms with Gasteiger partial charge in [0.25, 0.3) is 0 Å². The van der Waals surface area contributed by atoms with Gasteiger partial charge >= 0.3 is 0 Å². The van der Waals surface area contributed by atoms with E-state index in [1.54, 1.807) is 0 Å². The number of rotatable bonds is 6. The Morgan fingerprint density at radius 1 is 1.33 bits per heavy atom. The van der Waals surface area contributed by atoms with E-state index in [1.807, 2.05) is 11.8 Å². The first-order chi connectivity index (χ1) is 5.93. The molecule has 0 bridgehead atoms. The highest BCUT2D eigenvalue weighted by molar-refractivity contribution is 7.98. The fourth-order valence-electron chi connectivity index (χ4n) is 1.46. The van der Waals surface area contributed by atoms with Crippen LogP contribution in [0, 0.1) is 0 Å². The van der Waals surface area contributed by atoms with Gasteiger partial charge in [0, 0.05) is 6.04 Å². The van der Waals surface area contributed by atoms with Gasteiger partial charge in [-0.1, -0.05) is 12.2 Å². The lowest BCUT2D eigenvalue weighted by Gasteiger charge is -2.10. The maximum absolute atomic E-state index is 3.57. The molecule has 0 saturated carbocycles. The van der Waals surface area contributed by atoms with Crippen molar-refractivity contribution in [1.82, 2.24) is 5.32 Å². The average molecular weight is 185 g/mol. The maximum Gasteiger partial charge on any atom is 0.0136 e. The molecule has 70 valence electrons. The van der Waals surface area contributed by atoms with E-state index >= 15 is 0 Å². The van der Waals surface area contributed by atoms with Crippen molar-refractivity contribution in [2.75, 3.05) is 18.6 Å². The molecule has 0 fully saturated rings. The summed E-state index contributed by atoms with van der Waals surface area (Å²) in [5.74, 6) is 1.31. The van der Waals surface area contributed by atoms with Gasteiger partial charge in [-0.15, -0.1) is 0 Å². The Kier molecular flexibility index (Phi) is 5.53. The molecule has 1 nitrogen and oxygen atoms in total. The van der Waals surface area contributed by atoms with Gasteiger partial charge in [-0.2, -0.15) is 11.8 Å². The summed E-state index contributed by atoms with van der Waals surface area (Å²) >= 11 is 1.94. The van der Waals surface area contributed by atoms with Crippen LogP contribution in [0.2, 0.25) is 0 Å². The summed E-state index contributed by atoms with van der Waals surface area (Å²) in [6.45, 7) is 1.20. The third-order valence-corrected chi connectivity index (χ3v) is 2.91. The van der Waals surface area contributed by atoms with Gasteiger partial charge in [-0.3, -0.25) is 0 Å². The number of thioether (sulfide) groups is 1. The summed E-state index contributed by atoms with van der Waals surface area (Å²) < 4.78 is 0. The van der Waals surface area contributed by atoms with Crippen molar-refractivity contribution in [3.63, 3.8) is 0 Å². The van der Waals surface area contributed by atoms with Crippen molar-refractivity contribution in [1.29, 1.82) is 0 Å². The van der Waals surface area contributed by atoms with Crippen LogP contribution in [0.3, 0.4) is 0 Å². The Balaban J connectivity index is 1.82. The minimum Gasteiger partial charge on any atom is -0.313 e. The van der Waals surface area contributed by atoms with Gasteiger partial charge in [0.15, 0.2) is 0 Å². The molecule has 1 aliphatic carbocycles. The monoisotopic (exact) mass is 185 g/mol. The predicted molar refractivity (Wildman–Crippen MR) is 57.8 cm³/mol. The lowest BCUT2D eigenvalue weighted by molar-refractivity contribution is 0.526. The number of unbranched alkanes of at least 4 members (excludes halogenated alkanes) is 1. The first-order valence-corrected chi connectivity index (χ1v) is 6.20. The van der Waals surface area contributed by atoms with Crippen LogP contribution in [0.1, 0.15) is 25.7 Å². The fraction of sp³-hybridized carbons (Fsp3) is 0.800. The normalized spacial score (nSPS) is 17.4. The molecule has 2 heteroatoms. The highest BCUT2D eigenvalue weighted by Crippen LogP contribution is 2.09. The second-order valence-electron chi connectivity index (χ2n) is 3.29. The zero-order valence-electron chi connectivity index (χ0n) is 7.88. The Morgan fingerprint density at radius 2 is 2.08 bits per heavy atom. The summed E-state index contributed by atoms with van der Waals surface area (Å²) in [4.78, 5) is 0. The molecule has 0 spiro atoms. The van der Waals surface area contributed by atoms with Gasteiger partial charge in [0.2, 0.25) is 0 Å². The van der Waals surface area contributed by atoms with Crippen molar-refractivity contribution >= 4 is 11.8 Å². The molecule has 0 aromatic rings. The fourth-order valence-corrected chi connectivity index (χ4v) is 1.95. The Hall–Kier alpha value is 0.0500. The van der Waals surface area contributed by atoms with Gasteiger partial charge < -0.3 is 5.32 Å². The molecule has 0 radical (unpaired) electrons. The molecule has 0 aliphatic heterocycles. The van der Waals surface area contributed by atoms with Crippen molar-refractivity contribution in [3.05, 3.63) is 12.2 Å². The first-order valence-electron chi connectivity index (χ1n) is 4.81. The van der Waals surface area contributed by atoms with E-state index in [0.717, 1.165) is 6.04 Å². The van der Waals surface area contributed by atoms with Crippen molar-refractivity contribution in [3.8, 4) is 0 Å². The van der Waals surface area contributed by atoms with Crippen LogP contribution >= 0.6 is 11.8 Å². The van der Waals surface area contributed by atoms with E-state index in [2.05, 4.69) is 23.7 Å². The topological polar surface area (TPSA) is 12.0 Å². The molecule has 12 heavy (non-hydrogen) atoms. The second kappa shape index (κ2) is 6.55. The van der Waals surface area contributed by atoms with Crippen LogP contribution in [0.5, 0.6) is 0 Å². The second-order valence-corrected chi connectivity index (χ2v) is 4.28. The summed E-state index contributed by atoms with van der Waals surface area (Å²) in [5, 5.41) is 3.57. The molecule has 0 aromatic heterocycles. The van der Waals surface area contributed by atoms with Crippen LogP contribution in [0.15, 0.2) is 12.2 Å². The van der Waals surface area contributed by atoms with Gasteiger partial charge in [-0.05, 0) is 44.2 Å². The van der Waals surface area contributed by atoms with E-state index in [-0.39, 0.29) is 0 Å². The van der Waals surface area contributed by atoms with Crippen LogP contribution in [-0.4, -0.2) is 24.6 Å². The van der Waals surface area contributed by atoms with Crippen LogP contribution in [0.25, 0.3) is 0 Å². The molecule has 0 amide bonds. The minimum absolute atomic E-state index is 0.749. The quantitative estimate of drug-likeness (QED) is 0.504. The molecular weight excluding hydrogens is 166 g/mol. The van der Waals surface area contributed by atoms with Crippen molar-refractivity contribution in [2.24, 2.45) is 0 Å². The third kappa shape index (κ3) is 4.17. The molecule has 0 atom stereocenters. The van der Waals surface area contributed by atoms with E-state index in [0.29, 0.717) is 0 Å². The van der Waals surface area contributed by atoms with E-state index < -0.39 is 0 Å². The predicted octanol–water partition coefficient (Wildman–Crippen LogP) is 2.44. The molecule has 0 heterocycles. The lowest BCUT2D eigenvalue weighted by Crippen LogP contribution is -2.27. The molecule has 1 N–H and O–H groups in total. The Labute approximate surface area is 80.0 Å². The molecular formula is C10H19NS. The first kappa shape index (κ1) is 10.1. The number of nitrogens with one attached hydrogen (secondary N) is 1. The minimum atomic E-state index is 0.749. The van der Waals surface area contributed by atoms with E-state index in [4.69, 9.17) is 0 Å². The summed E-state index contributed by atoms with van der Waals surface area (Å²) in [6.07, 6.45) is 11.9. The number of hydrogen-bond donors (Lipinski definition) is 1. The van der Waals surface area contributed by atoms with Crippen LogP contribution in [-0.2, 0) is 0 Å². The Bertz CT molecular complexity index is 126. The zero-order valence-corrected chi connectivity index (χ0v) is 8.70. The molecule has 0 aromatic carbocycles. The summed E-state index contributed by atoms with van der Waals surface area (Å²) in [5.41, 5.74) is 0. The molecule has 0 unspecified atom stereocenters. The zero-order chi connectivity index (χ0) is 8.65. The van der Waals surface area contributed by atoms with Crippen molar-refractivity contribution in [2.45, 2.75) is 31.7 Å². The van der Waals surface area contributed by atoms with Gasteiger partial charge in [-0.25, -0.2) is 0 Å². The third-order valence-electron chi connectivity index (χ3n) is 2.22. The molecule has 0 saturated heterocycles. The Morgan fingerprint density at radius 3 is 2.75 bits per heavy atom. The summed E-state index contributed by atoms with van der Waals surface area (Å²) in [6, 6.07) is 0.749. The van der Waals surface area contributed by atoms with Crippen LogP contribution < -0.4 is 5.32 Å². The van der Waals surface area contributed by atoms with Crippen molar-refractivity contribution < 1.29 is 0 Å². The maximum atomic E-state index is 3.57. The highest BCUT2D eigenvalue weighted by Gasteiger charge is 2.07. The van der Waals surface area contributed by atoms with Crippen LogP contribution in [0.4, 0.5) is 0 Å². The molecule has 1 aliphatic rings.